The Morgan fingerprint density at radius 3 is 2.71 bits per heavy atom. The molecule has 0 amide bonds. The third kappa shape index (κ3) is 5.68. The molecule has 34 heavy (non-hydrogen) atoms. The van der Waals surface area contributed by atoms with E-state index in [1.54, 1.807) is 0 Å². The van der Waals surface area contributed by atoms with Crippen molar-refractivity contribution in [2.75, 3.05) is 26.3 Å². The van der Waals surface area contributed by atoms with Crippen LogP contribution in [0.15, 0.2) is 71.9 Å². The van der Waals surface area contributed by atoms with E-state index >= 15 is 0 Å². The summed E-state index contributed by atoms with van der Waals surface area (Å²) in [4.78, 5) is 2.45. The van der Waals surface area contributed by atoms with E-state index in [0.717, 1.165) is 32.7 Å². The van der Waals surface area contributed by atoms with Crippen molar-refractivity contribution in [2.45, 2.75) is 72.0 Å². The van der Waals surface area contributed by atoms with Crippen molar-refractivity contribution in [2.24, 2.45) is 5.41 Å². The molecule has 6 nitrogen and oxygen atoms in total. The lowest BCUT2D eigenvalue weighted by Crippen LogP contribution is -2.48. The van der Waals surface area contributed by atoms with E-state index in [9.17, 15) is 0 Å². The van der Waals surface area contributed by atoms with Gasteiger partial charge in [0.2, 0.25) is 0 Å². The second kappa shape index (κ2) is 11.0. The van der Waals surface area contributed by atoms with Crippen LogP contribution in [0.3, 0.4) is 0 Å². The molecule has 1 saturated carbocycles. The Bertz CT molecular complexity index is 888. The van der Waals surface area contributed by atoms with Crippen molar-refractivity contribution in [1.82, 2.24) is 25.8 Å². The zero-order valence-electron chi connectivity index (χ0n) is 21.6. The minimum absolute atomic E-state index is 0.140. The first-order valence-corrected chi connectivity index (χ1v) is 13.0. The lowest BCUT2D eigenvalue weighted by molar-refractivity contribution is 0.0359. The maximum Gasteiger partial charge on any atom is 0.121 e. The van der Waals surface area contributed by atoms with E-state index in [1.807, 2.05) is 0 Å². The van der Waals surface area contributed by atoms with Gasteiger partial charge in [0, 0.05) is 25.0 Å². The molecule has 0 aromatic heterocycles. The molecular weight excluding hydrogens is 422 g/mol. The Morgan fingerprint density at radius 2 is 2.03 bits per heavy atom. The molecule has 3 heterocycles. The monoisotopic (exact) mass is 465 g/mol. The Kier molecular flexibility index (Phi) is 8.02. The van der Waals surface area contributed by atoms with Gasteiger partial charge in [-0.2, -0.15) is 0 Å². The minimum Gasteiger partial charge on any atom is -0.378 e. The average molecular weight is 466 g/mol. The van der Waals surface area contributed by atoms with Gasteiger partial charge in [-0.3, -0.25) is 5.01 Å². The maximum atomic E-state index is 5.67. The van der Waals surface area contributed by atoms with Gasteiger partial charge in [0.05, 0.1) is 31.3 Å². The number of rotatable bonds is 9. The van der Waals surface area contributed by atoms with Gasteiger partial charge in [-0.1, -0.05) is 44.2 Å². The molecule has 0 aromatic rings. The fourth-order valence-corrected chi connectivity index (χ4v) is 4.77. The number of hydrogen-bond donors (Lipinski definition) is 2. The van der Waals surface area contributed by atoms with Crippen LogP contribution in [0.2, 0.25) is 0 Å². The van der Waals surface area contributed by atoms with Crippen LogP contribution < -0.4 is 10.9 Å². The Hall–Kier alpha value is -2.28. The van der Waals surface area contributed by atoms with Crippen LogP contribution in [0.1, 0.15) is 53.9 Å². The number of hydrazine groups is 2. The van der Waals surface area contributed by atoms with Crippen LogP contribution in [-0.4, -0.2) is 59.3 Å². The van der Waals surface area contributed by atoms with E-state index in [4.69, 9.17) is 4.74 Å². The number of hydrogen-bond acceptors (Lipinski definition) is 6. The van der Waals surface area contributed by atoms with Gasteiger partial charge in [0.15, 0.2) is 0 Å². The van der Waals surface area contributed by atoms with Gasteiger partial charge in [-0.15, -0.1) is 0 Å². The molecule has 0 aromatic carbocycles. The highest BCUT2D eigenvalue weighted by molar-refractivity contribution is 5.36. The van der Waals surface area contributed by atoms with Crippen molar-refractivity contribution in [1.29, 1.82) is 0 Å². The topological polar surface area (TPSA) is 43.0 Å². The third-order valence-electron chi connectivity index (χ3n) is 7.32. The molecule has 1 saturated heterocycles. The van der Waals surface area contributed by atoms with Crippen LogP contribution in [0, 0.1) is 5.41 Å². The van der Waals surface area contributed by atoms with Gasteiger partial charge in [-0.05, 0) is 69.2 Å². The normalized spacial score (nSPS) is 28.5. The Morgan fingerprint density at radius 1 is 1.26 bits per heavy atom. The summed E-state index contributed by atoms with van der Waals surface area (Å²) in [6.45, 7) is 14.4. The average Bonchev–Trinajstić information content (AvgIpc) is 3.23. The molecule has 4 aliphatic rings. The highest BCUT2D eigenvalue weighted by Gasteiger charge is 2.45. The quantitative estimate of drug-likeness (QED) is 0.485. The lowest BCUT2D eigenvalue weighted by Gasteiger charge is -2.38. The predicted octanol–water partition coefficient (Wildman–Crippen LogP) is 4.61. The molecule has 0 bridgehead atoms. The molecule has 2 fully saturated rings. The van der Waals surface area contributed by atoms with Gasteiger partial charge in [-0.25, -0.2) is 10.9 Å². The van der Waals surface area contributed by atoms with Gasteiger partial charge in [0.25, 0.3) is 0 Å². The summed E-state index contributed by atoms with van der Waals surface area (Å²) < 4.78 is 5.67. The highest BCUT2D eigenvalue weighted by atomic mass is 16.5. The summed E-state index contributed by atoms with van der Waals surface area (Å²) in [6.07, 6.45) is 23.8. The summed E-state index contributed by atoms with van der Waals surface area (Å²) in [5.74, 6) is 1.20. The number of allylic oxidation sites excluding steroid dienone is 5. The van der Waals surface area contributed by atoms with Crippen molar-refractivity contribution in [3.8, 4) is 0 Å². The maximum absolute atomic E-state index is 5.67. The molecular formula is C28H43N5O. The van der Waals surface area contributed by atoms with Crippen LogP contribution in [0.4, 0.5) is 0 Å². The van der Waals surface area contributed by atoms with E-state index in [1.165, 1.54) is 29.9 Å². The molecule has 3 aliphatic heterocycles. The van der Waals surface area contributed by atoms with Crippen LogP contribution in [-0.2, 0) is 4.74 Å². The molecule has 3 atom stereocenters. The van der Waals surface area contributed by atoms with Crippen molar-refractivity contribution in [3.05, 3.63) is 71.9 Å². The van der Waals surface area contributed by atoms with Gasteiger partial charge >= 0.3 is 0 Å². The number of nitrogens with one attached hydrogen (secondary N) is 2. The van der Waals surface area contributed by atoms with Crippen LogP contribution in [0.5, 0.6) is 0 Å². The van der Waals surface area contributed by atoms with E-state index in [-0.39, 0.29) is 12.1 Å². The van der Waals surface area contributed by atoms with Crippen LogP contribution in [0.25, 0.3) is 0 Å². The van der Waals surface area contributed by atoms with E-state index in [0.29, 0.717) is 11.5 Å². The smallest absolute Gasteiger partial charge is 0.121 e. The summed E-state index contributed by atoms with van der Waals surface area (Å²) in [6, 6.07) is 0.797. The Balaban J connectivity index is 1.54. The third-order valence-corrected chi connectivity index (χ3v) is 7.32. The van der Waals surface area contributed by atoms with Gasteiger partial charge < -0.3 is 14.6 Å². The molecule has 186 valence electrons. The van der Waals surface area contributed by atoms with Crippen molar-refractivity contribution in [3.63, 3.8) is 0 Å². The highest BCUT2D eigenvalue weighted by Crippen LogP contribution is 2.49. The van der Waals surface area contributed by atoms with Crippen LogP contribution >= 0.6 is 0 Å². The molecule has 6 heteroatoms. The fraction of sp³-hybridized carbons (Fsp3) is 0.571. The van der Waals surface area contributed by atoms with Crippen molar-refractivity contribution >= 4 is 0 Å². The fourth-order valence-electron chi connectivity index (χ4n) is 4.77. The van der Waals surface area contributed by atoms with E-state index in [2.05, 4.69) is 115 Å². The molecule has 4 rings (SSSR count). The largest absolute Gasteiger partial charge is 0.378 e. The molecule has 3 unspecified atom stereocenters. The number of morpholine rings is 1. The van der Waals surface area contributed by atoms with Crippen molar-refractivity contribution < 1.29 is 4.74 Å². The summed E-state index contributed by atoms with van der Waals surface area (Å²) >= 11 is 0. The standard InChI is InChI=1S/C28H43N5O/c1-6-8-9-11-24(10-7-2)25-20-23(4)33(29-25)27(31-16-18-34-19-17-31)21-22(3)32-15-12-26(30-32)28(5)13-14-28/h7-12,15,20-22,25-26,29-30H,6,13-14,16-19H2,1-5H3/b9-8+,10-7-,24-11+,27-21-. The number of ether oxygens (including phenoxy) is 1. The second-order valence-electron chi connectivity index (χ2n) is 10.1. The molecule has 0 spiro atoms. The summed E-state index contributed by atoms with van der Waals surface area (Å²) in [5.41, 5.74) is 10.4. The second-order valence-corrected chi connectivity index (χ2v) is 10.1. The molecule has 0 radical (unpaired) electrons. The summed E-state index contributed by atoms with van der Waals surface area (Å²) in [7, 11) is 0. The SMILES string of the molecule is C\C=C/C(=C\C=C\CC)C1C=C(C)N(/C(=C\C(C)N2C=CC(C3(C)CC3)N2)N2CCOCC2)N1. The van der Waals surface area contributed by atoms with Gasteiger partial charge in [0.1, 0.15) is 5.82 Å². The predicted molar refractivity (Wildman–Crippen MR) is 140 cm³/mol. The molecule has 1 aliphatic carbocycles. The van der Waals surface area contributed by atoms with E-state index < -0.39 is 0 Å². The molecule has 2 N–H and O–H groups in total. The Labute approximate surface area is 206 Å². The summed E-state index contributed by atoms with van der Waals surface area (Å²) in [5, 5.41) is 4.54. The number of nitrogens with zero attached hydrogens (tertiary/aromatic N) is 3. The minimum atomic E-state index is 0.140. The lowest BCUT2D eigenvalue weighted by atomic mass is 10.0. The zero-order chi connectivity index (χ0) is 24.1. The first-order valence-electron chi connectivity index (χ1n) is 13.0. The zero-order valence-corrected chi connectivity index (χ0v) is 21.6. The first-order chi connectivity index (χ1) is 16.4. The first kappa shape index (κ1) is 24.8.